The highest BCUT2D eigenvalue weighted by Gasteiger charge is 2.32. The Labute approximate surface area is 190 Å². The zero-order valence-electron chi connectivity index (χ0n) is 17.6. The molecule has 4 rings (SSSR count). The normalized spacial score (nSPS) is 14.8. The molecule has 4 heterocycles. The monoisotopic (exact) mass is 453 g/mol. The van der Waals surface area contributed by atoms with Crippen molar-refractivity contribution in [3.8, 4) is 0 Å². The Balaban J connectivity index is 1.48. The minimum Gasteiger partial charge on any atom is -0.384 e. The van der Waals surface area contributed by atoms with Crippen LogP contribution in [0.25, 0.3) is 0 Å². The molecule has 32 heavy (non-hydrogen) atoms. The van der Waals surface area contributed by atoms with Crippen LogP contribution < -0.4 is 21.9 Å². The number of nitrogens with zero attached hydrogens (tertiary/aromatic N) is 4. The lowest BCUT2D eigenvalue weighted by Crippen LogP contribution is -2.36. The van der Waals surface area contributed by atoms with E-state index in [9.17, 15) is 9.59 Å². The number of nitrogens with two attached hydrogens (primary N) is 1. The summed E-state index contributed by atoms with van der Waals surface area (Å²) >= 11 is 6.35. The van der Waals surface area contributed by atoms with Gasteiger partial charge >= 0.3 is 0 Å². The Morgan fingerprint density at radius 3 is 2.91 bits per heavy atom. The summed E-state index contributed by atoms with van der Waals surface area (Å²) in [5, 5.41) is 6.19. The van der Waals surface area contributed by atoms with E-state index in [0.29, 0.717) is 43.9 Å². The summed E-state index contributed by atoms with van der Waals surface area (Å²) in [5.74, 6) is 0.325. The first-order chi connectivity index (χ1) is 15.4. The topological polar surface area (TPSA) is 128 Å². The molecule has 0 fully saturated rings. The van der Waals surface area contributed by atoms with Crippen molar-refractivity contribution < 1.29 is 4.79 Å². The second kappa shape index (κ2) is 9.35. The van der Waals surface area contributed by atoms with Crippen LogP contribution in [0.2, 0.25) is 5.15 Å². The van der Waals surface area contributed by atoms with Crippen molar-refractivity contribution in [2.75, 3.05) is 17.6 Å². The van der Waals surface area contributed by atoms with Crippen LogP contribution >= 0.6 is 11.6 Å². The second-order valence-corrected chi connectivity index (χ2v) is 8.02. The van der Waals surface area contributed by atoms with E-state index in [1.165, 1.54) is 4.57 Å². The first-order valence-corrected chi connectivity index (χ1v) is 10.7. The highest BCUT2D eigenvalue weighted by molar-refractivity contribution is 6.30. The molecule has 0 radical (unpaired) electrons. The van der Waals surface area contributed by atoms with Gasteiger partial charge in [-0.05, 0) is 49.4 Å². The zero-order valence-corrected chi connectivity index (χ0v) is 18.4. The van der Waals surface area contributed by atoms with Gasteiger partial charge in [0.2, 0.25) is 5.91 Å². The molecule has 3 aromatic rings. The number of fused-ring (bicyclic) bond motifs is 1. The number of halogens is 1. The first-order valence-electron chi connectivity index (χ1n) is 10.4. The lowest BCUT2D eigenvalue weighted by molar-refractivity contribution is -0.124. The van der Waals surface area contributed by atoms with E-state index in [4.69, 9.17) is 17.3 Å². The summed E-state index contributed by atoms with van der Waals surface area (Å²) in [6, 6.07) is 6.71. The fourth-order valence-corrected chi connectivity index (χ4v) is 4.10. The molecule has 0 spiro atoms. The summed E-state index contributed by atoms with van der Waals surface area (Å²) < 4.78 is 1.46. The van der Waals surface area contributed by atoms with Gasteiger partial charge in [-0.15, -0.1) is 0 Å². The smallest absolute Gasteiger partial charge is 0.294 e. The van der Waals surface area contributed by atoms with Crippen molar-refractivity contribution in [2.45, 2.75) is 38.8 Å². The molecule has 0 unspecified atom stereocenters. The molecular weight excluding hydrogens is 430 g/mol. The standard InChI is InChI=1S/C22H24ClN7O2/c1-13-15(4-7-18(24)28-13)12-27-21(31)17-6-5-16-19(23)29-20(22(32)30(16)17)26-10-8-14-3-2-9-25-11-14/h2-4,7,9,11,17H,5-6,8,10,12H2,1H3,(H2,24,28)(H,26,29)(H,27,31)/t17-/m0/s1. The Hall–Kier alpha value is -3.46. The molecule has 0 saturated carbocycles. The summed E-state index contributed by atoms with van der Waals surface area (Å²) in [4.78, 5) is 38.6. The quantitative estimate of drug-likeness (QED) is 0.499. The van der Waals surface area contributed by atoms with E-state index in [-0.39, 0.29) is 22.4 Å². The predicted molar refractivity (Wildman–Crippen MR) is 123 cm³/mol. The van der Waals surface area contributed by atoms with E-state index >= 15 is 0 Å². The van der Waals surface area contributed by atoms with Gasteiger partial charge in [-0.25, -0.2) is 9.97 Å². The Bertz CT molecular complexity index is 1200. The van der Waals surface area contributed by atoms with Crippen LogP contribution in [0.4, 0.5) is 11.6 Å². The number of hydrogen-bond acceptors (Lipinski definition) is 7. The molecule has 1 aliphatic heterocycles. The minimum absolute atomic E-state index is 0.140. The highest BCUT2D eigenvalue weighted by Crippen LogP contribution is 2.29. The molecular formula is C22H24ClN7O2. The molecule has 1 atom stereocenters. The Morgan fingerprint density at radius 1 is 1.31 bits per heavy atom. The minimum atomic E-state index is -0.640. The van der Waals surface area contributed by atoms with Crippen molar-refractivity contribution in [1.82, 2.24) is 24.8 Å². The van der Waals surface area contributed by atoms with Crippen molar-refractivity contribution >= 4 is 29.1 Å². The maximum Gasteiger partial charge on any atom is 0.294 e. The van der Waals surface area contributed by atoms with Crippen LogP contribution in [0.15, 0.2) is 41.5 Å². The van der Waals surface area contributed by atoms with Gasteiger partial charge in [-0.2, -0.15) is 0 Å². The number of nitrogen functional groups attached to an aromatic ring is 1. The van der Waals surface area contributed by atoms with Gasteiger partial charge in [0.15, 0.2) is 11.0 Å². The molecule has 4 N–H and O–H groups in total. The lowest BCUT2D eigenvalue weighted by atomic mass is 10.1. The van der Waals surface area contributed by atoms with Gasteiger partial charge in [0.1, 0.15) is 11.9 Å². The van der Waals surface area contributed by atoms with E-state index in [2.05, 4.69) is 25.6 Å². The molecule has 166 valence electrons. The van der Waals surface area contributed by atoms with Crippen molar-refractivity contribution in [2.24, 2.45) is 0 Å². The van der Waals surface area contributed by atoms with Crippen molar-refractivity contribution in [1.29, 1.82) is 0 Å². The molecule has 1 aliphatic rings. The molecule has 9 nitrogen and oxygen atoms in total. The Kier molecular flexibility index (Phi) is 6.36. The number of rotatable bonds is 7. The summed E-state index contributed by atoms with van der Waals surface area (Å²) in [6.45, 7) is 2.62. The van der Waals surface area contributed by atoms with Gasteiger partial charge in [-0.1, -0.05) is 23.7 Å². The number of nitrogens with one attached hydrogen (secondary N) is 2. The van der Waals surface area contributed by atoms with Gasteiger partial charge in [0.05, 0.1) is 5.69 Å². The molecule has 3 aromatic heterocycles. The highest BCUT2D eigenvalue weighted by atomic mass is 35.5. The zero-order chi connectivity index (χ0) is 22.7. The number of anilines is 2. The summed E-state index contributed by atoms with van der Waals surface area (Å²) in [7, 11) is 0. The van der Waals surface area contributed by atoms with E-state index < -0.39 is 6.04 Å². The largest absolute Gasteiger partial charge is 0.384 e. The number of aromatic nitrogens is 4. The van der Waals surface area contributed by atoms with E-state index in [0.717, 1.165) is 16.8 Å². The number of carbonyl (C=O) groups is 1. The third kappa shape index (κ3) is 4.57. The fourth-order valence-electron chi connectivity index (χ4n) is 3.83. The van der Waals surface area contributed by atoms with Gasteiger partial charge < -0.3 is 16.4 Å². The molecule has 1 amide bonds. The van der Waals surface area contributed by atoms with Crippen LogP contribution in [0.1, 0.15) is 35.0 Å². The Morgan fingerprint density at radius 2 is 2.16 bits per heavy atom. The van der Waals surface area contributed by atoms with Crippen molar-refractivity contribution in [3.05, 3.63) is 74.7 Å². The lowest BCUT2D eigenvalue weighted by Gasteiger charge is -2.17. The van der Waals surface area contributed by atoms with Gasteiger partial charge in [0, 0.05) is 31.2 Å². The van der Waals surface area contributed by atoms with Crippen LogP contribution in [0.5, 0.6) is 0 Å². The average Bonchev–Trinajstić information content (AvgIpc) is 3.23. The van der Waals surface area contributed by atoms with E-state index in [1.54, 1.807) is 18.5 Å². The first kappa shape index (κ1) is 21.8. The number of carbonyl (C=O) groups excluding carboxylic acids is 1. The fraction of sp³-hybridized carbons (Fsp3) is 0.318. The second-order valence-electron chi connectivity index (χ2n) is 7.66. The summed E-state index contributed by atoms with van der Waals surface area (Å²) in [5.41, 5.74) is 8.57. The third-order valence-corrected chi connectivity index (χ3v) is 5.83. The number of hydrogen-bond donors (Lipinski definition) is 3. The van der Waals surface area contributed by atoms with Gasteiger partial charge in [-0.3, -0.25) is 19.1 Å². The SMILES string of the molecule is Cc1nc(N)ccc1CNC(=O)[C@@H]1CCc2c(Cl)nc(NCCc3cccnc3)c(=O)n21. The maximum absolute atomic E-state index is 13.1. The molecule has 0 saturated heterocycles. The number of amides is 1. The third-order valence-electron chi connectivity index (χ3n) is 5.53. The van der Waals surface area contributed by atoms with Crippen molar-refractivity contribution in [3.63, 3.8) is 0 Å². The van der Waals surface area contributed by atoms with E-state index in [1.807, 2.05) is 25.1 Å². The predicted octanol–water partition coefficient (Wildman–Crippen LogP) is 2.04. The number of aryl methyl sites for hydroxylation is 1. The van der Waals surface area contributed by atoms with Crippen LogP contribution in [-0.4, -0.2) is 32.0 Å². The average molecular weight is 454 g/mol. The maximum atomic E-state index is 13.1. The van der Waals surface area contributed by atoms with Crippen LogP contribution in [0.3, 0.4) is 0 Å². The van der Waals surface area contributed by atoms with Crippen LogP contribution in [0, 0.1) is 6.92 Å². The molecule has 0 aromatic carbocycles. The molecule has 10 heteroatoms. The molecule has 0 bridgehead atoms. The molecule has 0 aliphatic carbocycles. The number of pyridine rings is 2. The van der Waals surface area contributed by atoms with Crippen LogP contribution in [-0.2, 0) is 24.2 Å². The summed E-state index contributed by atoms with van der Waals surface area (Å²) in [6.07, 6.45) is 5.16. The van der Waals surface area contributed by atoms with Gasteiger partial charge in [0.25, 0.3) is 5.56 Å².